The summed E-state index contributed by atoms with van der Waals surface area (Å²) < 4.78 is 0. The lowest BCUT2D eigenvalue weighted by Gasteiger charge is -2.39. The number of rotatable bonds is 4. The molecule has 2 aliphatic heterocycles. The number of pyridine rings is 1. The number of likely N-dealkylation sites (tertiary alicyclic amines) is 1. The number of amides is 3. The highest BCUT2D eigenvalue weighted by Crippen LogP contribution is 2.31. The van der Waals surface area contributed by atoms with Gasteiger partial charge < -0.3 is 10.2 Å². The number of carbonyl (C=O) groups excluding carboxylic acids is 2. The average molecular weight is 316 g/mol. The van der Waals surface area contributed by atoms with Gasteiger partial charge in [0.2, 0.25) is 0 Å². The van der Waals surface area contributed by atoms with Crippen LogP contribution in [0.1, 0.15) is 25.5 Å². The summed E-state index contributed by atoms with van der Waals surface area (Å²) >= 11 is 0. The molecular formula is C17H24N4O2. The Bertz CT molecular complexity index is 592. The van der Waals surface area contributed by atoms with Gasteiger partial charge in [0.1, 0.15) is 5.54 Å². The second-order valence-electron chi connectivity index (χ2n) is 6.71. The number of urea groups is 1. The van der Waals surface area contributed by atoms with Gasteiger partial charge in [-0.3, -0.25) is 14.7 Å². The lowest BCUT2D eigenvalue weighted by Crippen LogP contribution is -2.55. The molecular weight excluding hydrogens is 292 g/mol. The van der Waals surface area contributed by atoms with Crippen molar-refractivity contribution in [2.24, 2.45) is 5.92 Å². The third-order valence-electron chi connectivity index (χ3n) is 5.15. The van der Waals surface area contributed by atoms with Gasteiger partial charge in [0.15, 0.2) is 0 Å². The lowest BCUT2D eigenvalue weighted by molar-refractivity contribution is -0.132. The minimum absolute atomic E-state index is 0.112. The Hall–Kier alpha value is -1.95. The van der Waals surface area contributed by atoms with E-state index >= 15 is 0 Å². The Labute approximate surface area is 136 Å². The summed E-state index contributed by atoms with van der Waals surface area (Å²) in [6.45, 7) is 4.67. The van der Waals surface area contributed by atoms with Crippen LogP contribution in [0.25, 0.3) is 0 Å². The van der Waals surface area contributed by atoms with Crippen LogP contribution in [-0.2, 0) is 11.2 Å². The van der Waals surface area contributed by atoms with Crippen molar-refractivity contribution in [1.29, 1.82) is 0 Å². The number of piperidine rings is 1. The number of likely N-dealkylation sites (N-methyl/N-ethyl adjacent to an activating group) is 1. The van der Waals surface area contributed by atoms with Crippen molar-refractivity contribution in [3.05, 3.63) is 30.1 Å². The van der Waals surface area contributed by atoms with Crippen molar-refractivity contribution in [2.45, 2.75) is 31.7 Å². The van der Waals surface area contributed by atoms with Gasteiger partial charge in [0.25, 0.3) is 5.91 Å². The van der Waals surface area contributed by atoms with Gasteiger partial charge in [0.05, 0.1) is 0 Å². The molecule has 3 heterocycles. The summed E-state index contributed by atoms with van der Waals surface area (Å²) in [6.07, 6.45) is 4.74. The predicted octanol–water partition coefficient (Wildman–Crippen LogP) is 1.28. The molecule has 0 aromatic carbocycles. The average Bonchev–Trinajstić information content (AvgIpc) is 2.78. The van der Waals surface area contributed by atoms with Gasteiger partial charge >= 0.3 is 6.03 Å². The van der Waals surface area contributed by atoms with Crippen molar-refractivity contribution in [3.8, 4) is 0 Å². The van der Waals surface area contributed by atoms with Crippen LogP contribution in [0.15, 0.2) is 24.4 Å². The number of hydrogen-bond donors (Lipinski definition) is 1. The zero-order valence-electron chi connectivity index (χ0n) is 13.8. The molecule has 6 heteroatoms. The first-order valence-electron chi connectivity index (χ1n) is 8.23. The monoisotopic (exact) mass is 316 g/mol. The van der Waals surface area contributed by atoms with Crippen molar-refractivity contribution in [1.82, 2.24) is 20.1 Å². The highest BCUT2D eigenvalue weighted by molar-refractivity contribution is 6.06. The van der Waals surface area contributed by atoms with Crippen LogP contribution in [0.4, 0.5) is 4.79 Å². The maximum Gasteiger partial charge on any atom is 0.324 e. The van der Waals surface area contributed by atoms with Gasteiger partial charge in [-0.15, -0.1) is 0 Å². The van der Waals surface area contributed by atoms with Crippen LogP contribution in [0.3, 0.4) is 0 Å². The molecule has 2 aliphatic rings. The third-order valence-corrected chi connectivity index (χ3v) is 5.15. The molecule has 0 saturated carbocycles. The normalized spacial score (nSPS) is 29.0. The Balaban J connectivity index is 1.62. The van der Waals surface area contributed by atoms with Crippen molar-refractivity contribution in [3.63, 3.8) is 0 Å². The van der Waals surface area contributed by atoms with Crippen LogP contribution >= 0.6 is 0 Å². The number of hydrogen-bond acceptors (Lipinski definition) is 4. The van der Waals surface area contributed by atoms with E-state index in [1.54, 1.807) is 7.05 Å². The van der Waals surface area contributed by atoms with Crippen LogP contribution in [-0.4, -0.2) is 58.9 Å². The fraction of sp³-hybridized carbons (Fsp3) is 0.588. The van der Waals surface area contributed by atoms with E-state index in [0.717, 1.165) is 44.6 Å². The molecule has 2 fully saturated rings. The third kappa shape index (κ3) is 3.08. The molecule has 1 aromatic heterocycles. The Morgan fingerprint density at radius 1 is 1.39 bits per heavy atom. The van der Waals surface area contributed by atoms with Crippen LogP contribution in [0, 0.1) is 5.92 Å². The summed E-state index contributed by atoms with van der Waals surface area (Å²) in [5.74, 6) is 0.0421. The molecule has 1 aromatic rings. The van der Waals surface area contributed by atoms with Crippen LogP contribution in [0.5, 0.6) is 0 Å². The summed E-state index contributed by atoms with van der Waals surface area (Å²) in [5.41, 5.74) is 0.320. The van der Waals surface area contributed by atoms with Crippen molar-refractivity contribution >= 4 is 11.9 Å². The van der Waals surface area contributed by atoms with Crippen molar-refractivity contribution in [2.75, 3.05) is 26.7 Å². The standard InChI is InChI=1S/C17H24N4O2/c1-17(15(22)20(2)16(23)19-17)13-6-5-10-21(12-13)11-8-14-7-3-4-9-18-14/h3-4,7,9,13H,5-6,8,10-12H2,1-2H3,(H,19,23)/t13-,17-/m0/s1. The maximum atomic E-state index is 12.4. The number of nitrogens with one attached hydrogen (secondary N) is 1. The molecule has 124 valence electrons. The summed E-state index contributed by atoms with van der Waals surface area (Å²) in [5, 5.41) is 2.89. The molecule has 0 unspecified atom stereocenters. The van der Waals surface area contributed by atoms with E-state index in [1.807, 2.05) is 31.3 Å². The molecule has 2 atom stereocenters. The molecule has 0 bridgehead atoms. The fourth-order valence-corrected chi connectivity index (χ4v) is 3.63. The number of carbonyl (C=O) groups is 2. The van der Waals surface area contributed by atoms with E-state index in [4.69, 9.17) is 0 Å². The van der Waals surface area contributed by atoms with Gasteiger partial charge in [0, 0.05) is 44.4 Å². The van der Waals surface area contributed by atoms with Crippen LogP contribution < -0.4 is 5.32 Å². The smallest absolute Gasteiger partial charge is 0.323 e. The summed E-state index contributed by atoms with van der Waals surface area (Å²) in [6, 6.07) is 5.68. The van der Waals surface area contributed by atoms with Crippen LogP contribution in [0.2, 0.25) is 0 Å². The zero-order chi connectivity index (χ0) is 16.4. The van der Waals surface area contributed by atoms with Gasteiger partial charge in [-0.2, -0.15) is 0 Å². The Morgan fingerprint density at radius 3 is 2.87 bits per heavy atom. The molecule has 6 nitrogen and oxygen atoms in total. The largest absolute Gasteiger partial charge is 0.324 e. The van der Waals surface area contributed by atoms with E-state index in [-0.39, 0.29) is 17.9 Å². The second-order valence-corrected chi connectivity index (χ2v) is 6.71. The predicted molar refractivity (Wildman–Crippen MR) is 86.8 cm³/mol. The topological polar surface area (TPSA) is 65.5 Å². The quantitative estimate of drug-likeness (QED) is 0.850. The Morgan fingerprint density at radius 2 is 2.22 bits per heavy atom. The van der Waals surface area contributed by atoms with E-state index in [0.29, 0.717) is 0 Å². The molecule has 0 spiro atoms. The highest BCUT2D eigenvalue weighted by atomic mass is 16.2. The van der Waals surface area contributed by atoms with E-state index < -0.39 is 5.54 Å². The first kappa shape index (κ1) is 15.9. The second kappa shape index (κ2) is 6.28. The molecule has 3 rings (SSSR count). The molecule has 2 saturated heterocycles. The summed E-state index contributed by atoms with van der Waals surface area (Å²) in [4.78, 5) is 32.2. The van der Waals surface area contributed by atoms with E-state index in [2.05, 4.69) is 15.2 Å². The van der Waals surface area contributed by atoms with Gasteiger partial charge in [-0.25, -0.2) is 4.79 Å². The van der Waals surface area contributed by atoms with Gasteiger partial charge in [-0.1, -0.05) is 6.07 Å². The number of aromatic nitrogens is 1. The molecule has 0 radical (unpaired) electrons. The van der Waals surface area contributed by atoms with Gasteiger partial charge in [-0.05, 0) is 38.4 Å². The minimum Gasteiger partial charge on any atom is -0.323 e. The lowest BCUT2D eigenvalue weighted by atomic mass is 9.80. The van der Waals surface area contributed by atoms with E-state index in [9.17, 15) is 9.59 Å². The molecule has 1 N–H and O–H groups in total. The zero-order valence-corrected chi connectivity index (χ0v) is 13.8. The SMILES string of the molecule is CN1C(=O)N[C@@](C)([C@H]2CCCN(CCc3ccccn3)C2)C1=O. The van der Waals surface area contributed by atoms with E-state index in [1.165, 1.54) is 4.90 Å². The number of nitrogens with zero attached hydrogens (tertiary/aromatic N) is 3. The molecule has 0 aliphatic carbocycles. The number of imide groups is 1. The minimum atomic E-state index is -0.768. The summed E-state index contributed by atoms with van der Waals surface area (Å²) in [7, 11) is 1.55. The highest BCUT2D eigenvalue weighted by Gasteiger charge is 2.51. The first-order chi connectivity index (χ1) is 11.0. The first-order valence-corrected chi connectivity index (χ1v) is 8.23. The maximum absolute atomic E-state index is 12.4. The molecule has 3 amide bonds. The Kier molecular flexibility index (Phi) is 4.35. The van der Waals surface area contributed by atoms with Crippen molar-refractivity contribution < 1.29 is 9.59 Å². The molecule has 23 heavy (non-hydrogen) atoms. The fourth-order valence-electron chi connectivity index (χ4n) is 3.63.